The van der Waals surface area contributed by atoms with E-state index >= 15 is 0 Å². The molecular formula is C62H113NO8P+. The van der Waals surface area contributed by atoms with Crippen LogP contribution in [0, 0.1) is 0 Å². The predicted octanol–water partition coefficient (Wildman–Crippen LogP) is 18.5. The highest BCUT2D eigenvalue weighted by Crippen LogP contribution is 2.43. The van der Waals surface area contributed by atoms with Crippen LogP contribution in [0.5, 0.6) is 0 Å². The van der Waals surface area contributed by atoms with Gasteiger partial charge in [0.25, 0.3) is 0 Å². The molecule has 0 bridgehead atoms. The minimum Gasteiger partial charge on any atom is -0.462 e. The van der Waals surface area contributed by atoms with Crippen molar-refractivity contribution in [2.75, 3.05) is 47.5 Å². The van der Waals surface area contributed by atoms with E-state index in [2.05, 4.69) is 86.8 Å². The molecule has 0 aromatic carbocycles. The van der Waals surface area contributed by atoms with Crippen molar-refractivity contribution in [2.24, 2.45) is 0 Å². The second kappa shape index (κ2) is 53.3. The number of allylic oxidation sites excluding steroid dienone is 12. The summed E-state index contributed by atoms with van der Waals surface area (Å²) in [5.74, 6) is -0.797. The van der Waals surface area contributed by atoms with Gasteiger partial charge in [0.2, 0.25) is 0 Å². The molecular weight excluding hydrogens is 918 g/mol. The van der Waals surface area contributed by atoms with Crippen LogP contribution in [-0.2, 0) is 32.7 Å². The maximum Gasteiger partial charge on any atom is 0.472 e. The average Bonchev–Trinajstić information content (AvgIpc) is 3.34. The molecule has 9 nitrogen and oxygen atoms in total. The molecule has 0 fully saturated rings. The summed E-state index contributed by atoms with van der Waals surface area (Å²) < 4.78 is 34.6. The number of nitrogens with zero attached hydrogens (tertiary/aromatic N) is 1. The average molecular weight is 1030 g/mol. The van der Waals surface area contributed by atoms with E-state index in [1.54, 1.807) is 0 Å². The fourth-order valence-electron chi connectivity index (χ4n) is 8.16. The molecule has 0 rings (SSSR count). The fraction of sp³-hybridized carbons (Fsp3) is 0.774. The molecule has 72 heavy (non-hydrogen) atoms. The maximum atomic E-state index is 12.8. The van der Waals surface area contributed by atoms with Gasteiger partial charge in [-0.1, -0.05) is 234 Å². The molecule has 0 heterocycles. The molecule has 2 unspecified atom stereocenters. The summed E-state index contributed by atoms with van der Waals surface area (Å²) in [7, 11) is 1.48. The lowest BCUT2D eigenvalue weighted by molar-refractivity contribution is -0.870. The molecule has 0 aliphatic carbocycles. The molecule has 0 radical (unpaired) electrons. The van der Waals surface area contributed by atoms with Crippen LogP contribution in [0.4, 0.5) is 0 Å². The van der Waals surface area contributed by atoms with Gasteiger partial charge >= 0.3 is 19.8 Å². The largest absolute Gasteiger partial charge is 0.472 e. The van der Waals surface area contributed by atoms with E-state index in [4.69, 9.17) is 18.5 Å². The van der Waals surface area contributed by atoms with Crippen LogP contribution in [0.2, 0.25) is 0 Å². The van der Waals surface area contributed by atoms with Crippen molar-refractivity contribution in [1.29, 1.82) is 0 Å². The predicted molar refractivity (Wildman–Crippen MR) is 307 cm³/mol. The smallest absolute Gasteiger partial charge is 0.462 e. The van der Waals surface area contributed by atoms with Gasteiger partial charge in [-0.05, 0) is 83.5 Å². The van der Waals surface area contributed by atoms with Gasteiger partial charge in [0.15, 0.2) is 6.10 Å². The van der Waals surface area contributed by atoms with E-state index < -0.39 is 26.5 Å². The number of phosphoric ester groups is 1. The number of likely N-dealkylation sites (N-methyl/N-ethyl adjacent to an activating group) is 1. The highest BCUT2D eigenvalue weighted by Gasteiger charge is 2.27. The van der Waals surface area contributed by atoms with Crippen LogP contribution in [0.1, 0.15) is 258 Å². The van der Waals surface area contributed by atoms with Crippen LogP contribution in [0.25, 0.3) is 0 Å². The zero-order valence-electron chi connectivity index (χ0n) is 47.4. The molecule has 0 saturated carbocycles. The molecule has 0 saturated heterocycles. The summed E-state index contributed by atoms with van der Waals surface area (Å²) in [5, 5.41) is 0. The van der Waals surface area contributed by atoms with Crippen molar-refractivity contribution in [3.63, 3.8) is 0 Å². The lowest BCUT2D eigenvalue weighted by Gasteiger charge is -2.24. The van der Waals surface area contributed by atoms with E-state index in [1.165, 1.54) is 154 Å². The van der Waals surface area contributed by atoms with Gasteiger partial charge in [-0.15, -0.1) is 0 Å². The molecule has 0 aromatic rings. The first-order chi connectivity index (χ1) is 35.0. The zero-order chi connectivity index (χ0) is 52.7. The Bertz CT molecular complexity index is 1450. The van der Waals surface area contributed by atoms with Gasteiger partial charge in [0.05, 0.1) is 27.7 Å². The lowest BCUT2D eigenvalue weighted by atomic mass is 10.0. The summed E-state index contributed by atoms with van der Waals surface area (Å²) in [5.41, 5.74) is 0. The van der Waals surface area contributed by atoms with Gasteiger partial charge < -0.3 is 18.9 Å². The molecule has 0 aromatic heterocycles. The van der Waals surface area contributed by atoms with Crippen LogP contribution < -0.4 is 0 Å². The van der Waals surface area contributed by atoms with Gasteiger partial charge in [0, 0.05) is 12.8 Å². The van der Waals surface area contributed by atoms with E-state index in [0.29, 0.717) is 17.4 Å². The van der Waals surface area contributed by atoms with Crippen molar-refractivity contribution in [1.82, 2.24) is 0 Å². The Morgan fingerprint density at radius 2 is 0.792 bits per heavy atom. The van der Waals surface area contributed by atoms with E-state index in [9.17, 15) is 19.0 Å². The Morgan fingerprint density at radius 1 is 0.444 bits per heavy atom. The maximum absolute atomic E-state index is 12.8. The summed E-state index contributed by atoms with van der Waals surface area (Å²) in [6.07, 6.45) is 69.7. The van der Waals surface area contributed by atoms with Crippen molar-refractivity contribution in [3.05, 3.63) is 72.9 Å². The number of rotatable bonds is 54. The summed E-state index contributed by atoms with van der Waals surface area (Å²) in [4.78, 5) is 35.7. The van der Waals surface area contributed by atoms with Crippen molar-refractivity contribution >= 4 is 19.8 Å². The highest BCUT2D eigenvalue weighted by atomic mass is 31.2. The minimum absolute atomic E-state index is 0.0298. The molecule has 1 N–H and O–H groups in total. The number of unbranched alkanes of at least 4 members (excludes halogenated alkanes) is 28. The second-order valence-corrected chi connectivity index (χ2v) is 22.5. The summed E-state index contributed by atoms with van der Waals surface area (Å²) in [6.45, 7) is 4.33. The minimum atomic E-state index is -4.39. The molecule has 10 heteroatoms. The summed E-state index contributed by atoms with van der Waals surface area (Å²) in [6, 6.07) is 0. The molecule has 2 atom stereocenters. The first-order valence-corrected chi connectivity index (χ1v) is 31.2. The normalized spacial score (nSPS) is 13.8. The first-order valence-electron chi connectivity index (χ1n) is 29.7. The molecule has 0 amide bonds. The molecule has 418 valence electrons. The number of ether oxygens (including phenoxy) is 2. The lowest BCUT2D eigenvalue weighted by Crippen LogP contribution is -2.37. The van der Waals surface area contributed by atoms with Gasteiger partial charge in [-0.25, -0.2) is 4.57 Å². The molecule has 0 aliphatic rings. The number of carbonyl (C=O) groups is 2. The van der Waals surface area contributed by atoms with Crippen LogP contribution >= 0.6 is 7.82 Å². The number of carbonyl (C=O) groups excluding carboxylic acids is 2. The molecule has 0 aliphatic heterocycles. The topological polar surface area (TPSA) is 108 Å². The van der Waals surface area contributed by atoms with Gasteiger partial charge in [-0.2, -0.15) is 0 Å². The van der Waals surface area contributed by atoms with Gasteiger partial charge in [-0.3, -0.25) is 18.6 Å². The van der Waals surface area contributed by atoms with Crippen LogP contribution in [-0.4, -0.2) is 74.9 Å². The highest BCUT2D eigenvalue weighted by molar-refractivity contribution is 7.47. The quantitative estimate of drug-likeness (QED) is 0.0211. The number of esters is 2. The van der Waals surface area contributed by atoms with Crippen molar-refractivity contribution in [3.8, 4) is 0 Å². The number of phosphoric acid groups is 1. The Labute approximate surface area is 444 Å². The third-order valence-corrected chi connectivity index (χ3v) is 13.7. The molecule has 0 spiro atoms. The van der Waals surface area contributed by atoms with E-state index in [-0.39, 0.29) is 32.0 Å². The van der Waals surface area contributed by atoms with Crippen molar-refractivity contribution in [2.45, 2.75) is 264 Å². The number of quaternary nitrogens is 1. The zero-order valence-corrected chi connectivity index (χ0v) is 48.3. The Morgan fingerprint density at radius 3 is 1.19 bits per heavy atom. The monoisotopic (exact) mass is 1030 g/mol. The van der Waals surface area contributed by atoms with E-state index in [1.807, 2.05) is 21.1 Å². The van der Waals surface area contributed by atoms with Crippen LogP contribution in [0.3, 0.4) is 0 Å². The van der Waals surface area contributed by atoms with E-state index in [0.717, 1.165) is 70.6 Å². The Kier molecular flexibility index (Phi) is 51.4. The standard InChI is InChI=1S/C62H112NO8P/c1-6-8-10-12-14-16-18-20-22-24-25-26-27-28-29-30-31-32-33-34-35-36-37-39-41-43-45-47-49-51-53-55-62(65)71-60(59-70-72(66,67)69-57-56-63(3,4)5)58-68-61(64)54-52-50-48-46-44-42-40-38-23-21-19-17-15-13-11-9-7-2/h8,10,14,16,20-23,25-26,28-29,60H,6-7,9,11-13,15,17-19,24,27,30-59H2,1-5H3/p+1/b10-8-,16-14-,22-20-,23-21-,26-25-,29-28-. The SMILES string of the molecule is CC/C=C\C/C=C\C/C=C\C/C=C\C/C=C\CCCCCCCCCCCCCCCCCC(=O)OC(COC(=O)CCCCCCCCC/C=C\CCCCCCCC)COP(=O)(O)OCC[N+](C)(C)C. The summed E-state index contributed by atoms with van der Waals surface area (Å²) >= 11 is 0. The third kappa shape index (κ3) is 56.7. The number of hydrogen-bond donors (Lipinski definition) is 1. The van der Waals surface area contributed by atoms with Gasteiger partial charge in [0.1, 0.15) is 19.8 Å². The second-order valence-electron chi connectivity index (χ2n) is 21.0. The third-order valence-electron chi connectivity index (χ3n) is 12.7. The van der Waals surface area contributed by atoms with Crippen molar-refractivity contribution < 1.29 is 42.1 Å². The first kappa shape index (κ1) is 69.5. The Balaban J connectivity index is 4.10. The Hall–Kier alpha value is -2.55. The number of hydrogen-bond acceptors (Lipinski definition) is 7. The van der Waals surface area contributed by atoms with Crippen LogP contribution in [0.15, 0.2) is 72.9 Å². The fourth-order valence-corrected chi connectivity index (χ4v) is 8.90.